The second kappa shape index (κ2) is 10.4. The normalized spacial score (nSPS) is 18.1. The number of carbonyl (C=O) groups is 1. The van der Waals surface area contributed by atoms with Gasteiger partial charge in [0.25, 0.3) is 5.91 Å². The highest BCUT2D eigenvalue weighted by molar-refractivity contribution is 6.30. The number of hydrogen-bond acceptors (Lipinski definition) is 5. The predicted molar refractivity (Wildman–Crippen MR) is 122 cm³/mol. The molecular weight excluding hydrogens is 431 g/mol. The van der Waals surface area contributed by atoms with Crippen molar-refractivity contribution in [3.63, 3.8) is 0 Å². The maximum atomic E-state index is 13.0. The van der Waals surface area contributed by atoms with Crippen molar-refractivity contribution in [1.29, 1.82) is 0 Å². The van der Waals surface area contributed by atoms with E-state index in [0.29, 0.717) is 23.6 Å². The van der Waals surface area contributed by atoms with Crippen LogP contribution >= 0.6 is 11.6 Å². The van der Waals surface area contributed by atoms with E-state index in [2.05, 4.69) is 21.4 Å². The van der Waals surface area contributed by atoms with Gasteiger partial charge in [-0.1, -0.05) is 54.1 Å². The molecule has 0 spiro atoms. The molecule has 1 amide bonds. The van der Waals surface area contributed by atoms with Gasteiger partial charge in [0.2, 0.25) is 0 Å². The number of hydrazone groups is 1. The molecule has 6 nitrogen and oxygen atoms in total. The molecule has 2 atom stereocenters. The van der Waals surface area contributed by atoms with E-state index in [1.54, 1.807) is 12.1 Å². The van der Waals surface area contributed by atoms with Crippen LogP contribution in [0.15, 0.2) is 77.9 Å². The number of nitrogens with one attached hydrogen (secondary N) is 3. The van der Waals surface area contributed by atoms with E-state index in [-0.39, 0.29) is 17.8 Å². The minimum atomic E-state index is -0.463. The zero-order valence-corrected chi connectivity index (χ0v) is 17.9. The SMILES string of the molecule is O=C(N/N=C/c1ccc(F)cc1)C1CC(c2ccccc2OCc2ccc(Cl)cc2)NN1. The molecule has 0 aromatic heterocycles. The highest BCUT2D eigenvalue weighted by Gasteiger charge is 2.31. The molecule has 0 bridgehead atoms. The second-order valence-electron chi connectivity index (χ2n) is 7.37. The fourth-order valence-corrected chi connectivity index (χ4v) is 3.50. The van der Waals surface area contributed by atoms with Gasteiger partial charge in [0.15, 0.2) is 0 Å². The summed E-state index contributed by atoms with van der Waals surface area (Å²) in [6.07, 6.45) is 2.00. The topological polar surface area (TPSA) is 74.8 Å². The Hall–Kier alpha value is -3.26. The van der Waals surface area contributed by atoms with Crippen molar-refractivity contribution in [2.24, 2.45) is 5.10 Å². The quantitative estimate of drug-likeness (QED) is 0.372. The zero-order valence-electron chi connectivity index (χ0n) is 17.1. The number of benzene rings is 3. The fraction of sp³-hybridized carbons (Fsp3) is 0.167. The molecule has 0 radical (unpaired) electrons. The molecule has 1 fully saturated rings. The van der Waals surface area contributed by atoms with Crippen LogP contribution in [0.5, 0.6) is 5.75 Å². The average Bonchev–Trinajstić information content (AvgIpc) is 3.30. The van der Waals surface area contributed by atoms with Crippen LogP contribution in [0.3, 0.4) is 0 Å². The predicted octanol–water partition coefficient (Wildman–Crippen LogP) is 4.12. The molecule has 164 valence electrons. The van der Waals surface area contributed by atoms with E-state index in [9.17, 15) is 9.18 Å². The van der Waals surface area contributed by atoms with Gasteiger partial charge in [-0.3, -0.25) is 4.79 Å². The standard InChI is InChI=1S/C24H22ClFN4O2/c25-18-9-5-17(6-10-18)15-32-23-4-2-1-3-20(23)21-13-22(29-28-21)24(31)30-27-14-16-7-11-19(26)12-8-16/h1-12,14,21-22,28-29H,13,15H2,(H,30,31)/b27-14+. The van der Waals surface area contributed by atoms with Crippen LogP contribution in [-0.4, -0.2) is 18.2 Å². The van der Waals surface area contributed by atoms with E-state index in [1.165, 1.54) is 18.3 Å². The summed E-state index contributed by atoms with van der Waals surface area (Å²) in [5.41, 5.74) is 11.4. The van der Waals surface area contributed by atoms with E-state index < -0.39 is 6.04 Å². The summed E-state index contributed by atoms with van der Waals surface area (Å²) in [5, 5.41) is 4.63. The van der Waals surface area contributed by atoms with Gasteiger partial charge >= 0.3 is 0 Å². The van der Waals surface area contributed by atoms with Gasteiger partial charge < -0.3 is 4.74 Å². The number of rotatable bonds is 7. The third-order valence-electron chi connectivity index (χ3n) is 5.08. The largest absolute Gasteiger partial charge is 0.489 e. The average molecular weight is 453 g/mol. The maximum absolute atomic E-state index is 13.0. The van der Waals surface area contributed by atoms with Gasteiger partial charge in [-0.25, -0.2) is 20.7 Å². The molecule has 8 heteroatoms. The first-order valence-electron chi connectivity index (χ1n) is 10.1. The molecule has 4 rings (SSSR count). The third-order valence-corrected chi connectivity index (χ3v) is 5.33. The molecular formula is C24H22ClFN4O2. The van der Waals surface area contributed by atoms with Crippen LogP contribution in [0.1, 0.15) is 29.2 Å². The molecule has 1 aliphatic rings. The van der Waals surface area contributed by atoms with Crippen molar-refractivity contribution >= 4 is 23.7 Å². The van der Waals surface area contributed by atoms with Crippen molar-refractivity contribution < 1.29 is 13.9 Å². The summed E-state index contributed by atoms with van der Waals surface area (Å²) in [6, 6.07) is 20.5. The third kappa shape index (κ3) is 5.70. The fourth-order valence-electron chi connectivity index (χ4n) is 3.37. The number of carbonyl (C=O) groups excluding carboxylic acids is 1. The maximum Gasteiger partial charge on any atom is 0.258 e. The summed E-state index contributed by atoms with van der Waals surface area (Å²) in [6.45, 7) is 0.413. The molecule has 3 aromatic carbocycles. The Morgan fingerprint density at radius 1 is 1.09 bits per heavy atom. The Balaban J connectivity index is 1.34. The van der Waals surface area contributed by atoms with Crippen molar-refractivity contribution in [3.8, 4) is 5.75 Å². The lowest BCUT2D eigenvalue weighted by Gasteiger charge is -2.16. The Morgan fingerprint density at radius 3 is 2.62 bits per heavy atom. The second-order valence-corrected chi connectivity index (χ2v) is 7.80. The Bertz CT molecular complexity index is 1090. The first-order valence-corrected chi connectivity index (χ1v) is 10.5. The van der Waals surface area contributed by atoms with Gasteiger partial charge in [-0.05, 0) is 47.9 Å². The van der Waals surface area contributed by atoms with Crippen molar-refractivity contribution in [2.75, 3.05) is 0 Å². The van der Waals surface area contributed by atoms with Gasteiger partial charge in [-0.15, -0.1) is 0 Å². The Labute approximate surface area is 190 Å². The molecule has 3 aromatic rings. The van der Waals surface area contributed by atoms with Crippen molar-refractivity contribution in [3.05, 3.63) is 100 Å². The zero-order chi connectivity index (χ0) is 22.3. The number of halogens is 2. The van der Waals surface area contributed by atoms with E-state index >= 15 is 0 Å². The lowest BCUT2D eigenvalue weighted by Crippen LogP contribution is -2.41. The summed E-state index contributed by atoms with van der Waals surface area (Å²) >= 11 is 5.94. The highest BCUT2D eigenvalue weighted by atomic mass is 35.5. The Morgan fingerprint density at radius 2 is 1.84 bits per heavy atom. The smallest absolute Gasteiger partial charge is 0.258 e. The van der Waals surface area contributed by atoms with Gasteiger partial charge in [-0.2, -0.15) is 5.10 Å². The number of nitrogens with zero attached hydrogens (tertiary/aromatic N) is 1. The van der Waals surface area contributed by atoms with Crippen LogP contribution < -0.4 is 21.0 Å². The molecule has 1 heterocycles. The minimum absolute atomic E-state index is 0.103. The lowest BCUT2D eigenvalue weighted by atomic mass is 10.0. The number of hydrogen-bond donors (Lipinski definition) is 3. The molecule has 0 saturated carbocycles. The van der Waals surface area contributed by atoms with Crippen LogP contribution in [0, 0.1) is 5.82 Å². The first kappa shape index (κ1) is 22.0. The molecule has 1 saturated heterocycles. The number of amides is 1. The minimum Gasteiger partial charge on any atom is -0.489 e. The van der Waals surface area contributed by atoms with Gasteiger partial charge in [0.05, 0.1) is 12.3 Å². The highest BCUT2D eigenvalue weighted by Crippen LogP contribution is 2.30. The van der Waals surface area contributed by atoms with E-state index in [1.807, 2.05) is 48.5 Å². The first-order chi connectivity index (χ1) is 15.6. The molecule has 0 aliphatic carbocycles. The summed E-state index contributed by atoms with van der Waals surface area (Å²) in [7, 11) is 0. The van der Waals surface area contributed by atoms with Gasteiger partial charge in [0, 0.05) is 10.6 Å². The summed E-state index contributed by atoms with van der Waals surface area (Å²) in [5.74, 6) is 0.158. The van der Waals surface area contributed by atoms with Crippen LogP contribution in [-0.2, 0) is 11.4 Å². The number of ether oxygens (including phenoxy) is 1. The van der Waals surface area contributed by atoms with Gasteiger partial charge in [0.1, 0.15) is 24.2 Å². The van der Waals surface area contributed by atoms with Crippen LogP contribution in [0.2, 0.25) is 5.02 Å². The molecule has 1 aliphatic heterocycles. The van der Waals surface area contributed by atoms with Crippen LogP contribution in [0.4, 0.5) is 4.39 Å². The van der Waals surface area contributed by atoms with Crippen LogP contribution in [0.25, 0.3) is 0 Å². The van der Waals surface area contributed by atoms with E-state index in [0.717, 1.165) is 16.9 Å². The summed E-state index contributed by atoms with van der Waals surface area (Å²) in [4.78, 5) is 12.5. The van der Waals surface area contributed by atoms with Crippen molar-refractivity contribution in [2.45, 2.75) is 25.1 Å². The van der Waals surface area contributed by atoms with E-state index in [4.69, 9.17) is 16.3 Å². The Kier molecular flexibility index (Phi) is 7.11. The monoisotopic (exact) mass is 452 g/mol. The van der Waals surface area contributed by atoms with Crippen molar-refractivity contribution in [1.82, 2.24) is 16.3 Å². The lowest BCUT2D eigenvalue weighted by molar-refractivity contribution is -0.122. The molecule has 3 N–H and O–H groups in total. The molecule has 32 heavy (non-hydrogen) atoms. The summed E-state index contributed by atoms with van der Waals surface area (Å²) < 4.78 is 19.0. The number of hydrazine groups is 1. The number of para-hydroxylation sites is 1. The molecule has 2 unspecified atom stereocenters.